The number of hydrogen-bond donors (Lipinski definition) is 0. The third kappa shape index (κ3) is 4.85. The number of hydrogen-bond acceptors (Lipinski definition) is 2. The zero-order valence-electron chi connectivity index (χ0n) is 33.1. The van der Waals surface area contributed by atoms with Gasteiger partial charge in [-0.25, -0.2) is 0 Å². The fraction of sp³-hybridized carbons (Fsp3) is 0.148. The predicted octanol–water partition coefficient (Wildman–Crippen LogP) is 9.65. The lowest BCUT2D eigenvalue weighted by molar-refractivity contribution is 0.634. The van der Waals surface area contributed by atoms with Gasteiger partial charge in [-0.05, 0) is 108 Å². The number of fused-ring (bicyclic) bond motifs is 9. The minimum atomic E-state index is 0.0815. The second-order valence-electron chi connectivity index (χ2n) is 17.3. The van der Waals surface area contributed by atoms with Crippen LogP contribution in [-0.4, -0.2) is 24.0 Å². The molecule has 3 aliphatic carbocycles. The second kappa shape index (κ2) is 13.0. The Morgan fingerprint density at radius 1 is 0.542 bits per heavy atom. The van der Waals surface area contributed by atoms with E-state index in [0.29, 0.717) is 17.8 Å². The fourth-order valence-electron chi connectivity index (χ4n) is 12.0. The van der Waals surface area contributed by atoms with Gasteiger partial charge >= 0.3 is 0 Å². The normalized spacial score (nSPS) is 20.9. The lowest BCUT2D eigenvalue weighted by Gasteiger charge is -2.45. The quantitative estimate of drug-likeness (QED) is 0.166. The van der Waals surface area contributed by atoms with Gasteiger partial charge in [-0.15, -0.1) is 0 Å². The molecule has 7 aromatic rings. The van der Waals surface area contributed by atoms with E-state index in [1.54, 1.807) is 11.3 Å². The molecule has 0 bridgehead atoms. The van der Waals surface area contributed by atoms with Crippen molar-refractivity contribution in [2.24, 2.45) is 5.92 Å². The Kier molecular flexibility index (Phi) is 7.40. The van der Waals surface area contributed by atoms with Gasteiger partial charge in [0.1, 0.15) is 0 Å². The molecule has 5 heteroatoms. The van der Waals surface area contributed by atoms with Crippen molar-refractivity contribution >= 4 is 85.3 Å². The minimum absolute atomic E-state index is 0.0815. The predicted molar refractivity (Wildman–Crippen MR) is 252 cm³/mol. The van der Waals surface area contributed by atoms with Gasteiger partial charge < -0.3 is 14.4 Å². The summed E-state index contributed by atoms with van der Waals surface area (Å²) in [6.07, 6.45) is 24.8. The maximum absolute atomic E-state index is 2.73. The van der Waals surface area contributed by atoms with Gasteiger partial charge in [-0.1, -0.05) is 144 Å². The summed E-state index contributed by atoms with van der Waals surface area (Å²) in [6, 6.07) is 51.3. The van der Waals surface area contributed by atoms with Crippen molar-refractivity contribution in [1.29, 1.82) is 0 Å². The Morgan fingerprint density at radius 3 is 2.05 bits per heavy atom. The van der Waals surface area contributed by atoms with Crippen molar-refractivity contribution in [3.8, 4) is 5.69 Å². The summed E-state index contributed by atoms with van der Waals surface area (Å²) < 4.78 is 2.47. The monoisotopic (exact) mass is 755 g/mol. The summed E-state index contributed by atoms with van der Waals surface area (Å²) in [4.78, 5) is 5.38. The standard InChI is InChI=1S/C54H43B2N3/c1-3-16-36(17-4-1)55-44-24-15-25-45-54(44)59(52-32-30-38(34-46(52)55)57-48-26-11-7-20-40(48)41-21-8-12-27-49(41)57)53-33-31-39(35-47(53)56(45)37-18-5-2-6-19-37)58-50-28-13-9-22-42(50)43-23-10-14-29-51(43)58/h1-9,11-13,15-18,20-22,24-28,30-35,37,42,50H,10,14,19,23,29H2. The molecule has 3 nitrogen and oxygen atoms in total. The number of benzene rings is 6. The molecule has 13 rings (SSSR count). The highest BCUT2D eigenvalue weighted by Crippen LogP contribution is 2.48. The second-order valence-corrected chi connectivity index (χ2v) is 17.3. The van der Waals surface area contributed by atoms with Gasteiger partial charge in [0.05, 0.1) is 17.1 Å². The lowest BCUT2D eigenvalue weighted by atomic mass is 9.28. The van der Waals surface area contributed by atoms with Crippen LogP contribution in [-0.2, 0) is 0 Å². The fourth-order valence-corrected chi connectivity index (χ4v) is 12.0. The molecule has 3 atom stereocenters. The third-order valence-electron chi connectivity index (χ3n) is 14.4. The van der Waals surface area contributed by atoms with E-state index in [-0.39, 0.29) is 13.4 Å². The van der Waals surface area contributed by atoms with Gasteiger partial charge in [0.15, 0.2) is 0 Å². The zero-order chi connectivity index (χ0) is 38.6. The maximum atomic E-state index is 2.73. The minimum Gasteiger partial charge on any atom is -0.337 e. The molecule has 6 aliphatic rings. The molecule has 0 saturated heterocycles. The summed E-state index contributed by atoms with van der Waals surface area (Å²) in [5.41, 5.74) is 19.1. The van der Waals surface area contributed by atoms with Crippen molar-refractivity contribution in [2.75, 3.05) is 9.80 Å². The highest BCUT2D eigenvalue weighted by molar-refractivity contribution is 7.00. The number of nitrogens with zero attached hydrogens (tertiary/aromatic N) is 3. The first-order valence-corrected chi connectivity index (χ1v) is 21.8. The smallest absolute Gasteiger partial charge is 0.246 e. The Balaban J connectivity index is 1.05. The Morgan fingerprint density at radius 2 is 1.24 bits per heavy atom. The van der Waals surface area contributed by atoms with Gasteiger partial charge in [-0.2, -0.15) is 0 Å². The SMILES string of the molecule is C1=CCC(B2c3cc(N4C5=C(CCCC5)C5C=CC=CC54)ccc3N3c4ccc(-n5c6ccccc6c6ccccc65)cc4B(c4ccccc4)c4cccc2c43)C=C1. The van der Waals surface area contributed by atoms with Crippen molar-refractivity contribution < 1.29 is 0 Å². The van der Waals surface area contributed by atoms with Crippen LogP contribution in [0.5, 0.6) is 0 Å². The molecular formula is C54H43B2N3. The molecule has 0 saturated carbocycles. The third-order valence-corrected chi connectivity index (χ3v) is 14.4. The van der Waals surface area contributed by atoms with Crippen molar-refractivity contribution in [3.63, 3.8) is 0 Å². The summed E-state index contributed by atoms with van der Waals surface area (Å²) in [5.74, 6) is 0.842. The number of para-hydroxylation sites is 3. The molecule has 0 amide bonds. The van der Waals surface area contributed by atoms with Crippen molar-refractivity contribution in [2.45, 2.75) is 44.0 Å². The molecule has 1 aromatic heterocycles. The zero-order valence-corrected chi connectivity index (χ0v) is 33.1. The van der Waals surface area contributed by atoms with Crippen LogP contribution in [0.15, 0.2) is 193 Å². The van der Waals surface area contributed by atoms with Gasteiger partial charge in [0, 0.05) is 50.8 Å². The van der Waals surface area contributed by atoms with E-state index in [1.807, 2.05) is 0 Å². The molecule has 0 fully saturated rings. The number of aromatic nitrogens is 1. The Labute approximate surface area is 347 Å². The summed E-state index contributed by atoms with van der Waals surface area (Å²) in [5, 5.41) is 2.57. The molecule has 0 radical (unpaired) electrons. The van der Waals surface area contributed by atoms with Crippen LogP contribution in [0, 0.1) is 5.92 Å². The maximum Gasteiger partial charge on any atom is 0.246 e. The van der Waals surface area contributed by atoms with E-state index in [4.69, 9.17) is 0 Å². The number of allylic oxidation sites excluding steroid dienone is 7. The first-order valence-electron chi connectivity index (χ1n) is 21.8. The van der Waals surface area contributed by atoms with E-state index in [0.717, 1.165) is 6.42 Å². The van der Waals surface area contributed by atoms with Crippen LogP contribution in [0.25, 0.3) is 27.5 Å². The van der Waals surface area contributed by atoms with E-state index in [1.165, 1.54) is 103 Å². The average molecular weight is 756 g/mol. The molecule has 3 aliphatic heterocycles. The van der Waals surface area contributed by atoms with Gasteiger partial charge in [-0.3, -0.25) is 0 Å². The van der Waals surface area contributed by atoms with Crippen LogP contribution in [0.4, 0.5) is 22.7 Å². The molecule has 280 valence electrons. The Hall–Kier alpha value is -6.45. The molecule has 0 N–H and O–H groups in total. The highest BCUT2D eigenvalue weighted by Gasteiger charge is 2.46. The topological polar surface area (TPSA) is 11.4 Å². The van der Waals surface area contributed by atoms with Crippen molar-refractivity contribution in [3.05, 3.63) is 193 Å². The number of anilines is 4. The van der Waals surface area contributed by atoms with Crippen LogP contribution in [0.1, 0.15) is 32.1 Å². The molecule has 3 unspecified atom stereocenters. The van der Waals surface area contributed by atoms with Gasteiger partial charge in [0.2, 0.25) is 13.4 Å². The molecule has 4 heterocycles. The van der Waals surface area contributed by atoms with Crippen LogP contribution >= 0.6 is 0 Å². The van der Waals surface area contributed by atoms with Crippen LogP contribution in [0.3, 0.4) is 0 Å². The first kappa shape index (κ1) is 33.5. The van der Waals surface area contributed by atoms with E-state index < -0.39 is 0 Å². The Bertz CT molecular complexity index is 2990. The highest BCUT2D eigenvalue weighted by atomic mass is 15.2. The van der Waals surface area contributed by atoms with Crippen LogP contribution < -0.4 is 37.1 Å². The molecule has 6 aromatic carbocycles. The lowest BCUT2D eigenvalue weighted by Crippen LogP contribution is -2.63. The first-order chi connectivity index (χ1) is 29.3. The summed E-state index contributed by atoms with van der Waals surface area (Å²) in [6.45, 7) is 0.310. The molecular weight excluding hydrogens is 712 g/mol. The molecule has 0 spiro atoms. The molecule has 59 heavy (non-hydrogen) atoms. The average Bonchev–Trinajstić information content (AvgIpc) is 3.82. The number of rotatable bonds is 4. The summed E-state index contributed by atoms with van der Waals surface area (Å²) in [7, 11) is 0. The van der Waals surface area contributed by atoms with E-state index in [2.05, 4.69) is 196 Å². The van der Waals surface area contributed by atoms with Gasteiger partial charge in [0.25, 0.3) is 0 Å². The van der Waals surface area contributed by atoms with E-state index in [9.17, 15) is 0 Å². The van der Waals surface area contributed by atoms with E-state index >= 15 is 0 Å². The van der Waals surface area contributed by atoms with Crippen LogP contribution in [0.2, 0.25) is 5.82 Å². The summed E-state index contributed by atoms with van der Waals surface area (Å²) >= 11 is 0. The largest absolute Gasteiger partial charge is 0.337 e. The van der Waals surface area contributed by atoms with Crippen molar-refractivity contribution in [1.82, 2.24) is 4.57 Å².